The van der Waals surface area contributed by atoms with E-state index in [0.717, 1.165) is 27.7 Å². The van der Waals surface area contributed by atoms with Gasteiger partial charge < -0.3 is 43.9 Å². The highest BCUT2D eigenvalue weighted by molar-refractivity contribution is 7.86. The highest BCUT2D eigenvalue weighted by atomic mass is 32.2. The van der Waals surface area contributed by atoms with Gasteiger partial charge >= 0.3 is 50.8 Å². The van der Waals surface area contributed by atoms with Gasteiger partial charge in [-0.05, 0) is 96.1 Å². The van der Waals surface area contributed by atoms with Crippen molar-refractivity contribution in [1.82, 2.24) is 9.55 Å². The van der Waals surface area contributed by atoms with Crippen molar-refractivity contribution in [2.75, 3.05) is 55.1 Å². The molecule has 0 amide bonds. The number of nitrogens with one attached hydrogen (secondary N) is 1. The zero-order chi connectivity index (χ0) is 76.5. The number of aliphatic hydroxyl groups is 1. The summed E-state index contributed by atoms with van der Waals surface area (Å²) in [5.41, 5.74) is 0.491. The molecule has 11 N–H and O–H groups in total. The lowest BCUT2D eigenvalue weighted by Crippen LogP contribution is -2.33. The number of ether oxygens (including phenoxy) is 2. The molecule has 0 radical (unpaired) electrons. The maximum Gasteiger partial charge on any atom is 0.490 e. The summed E-state index contributed by atoms with van der Waals surface area (Å²) in [4.78, 5) is 103. The number of para-hydroxylation sites is 1. The Morgan fingerprint density at radius 1 is 0.725 bits per heavy atom. The monoisotopic (exact) mass is 1630 g/mol. The number of rotatable bonds is 42. The number of allylic oxidation sites excluding steroid dienone is 4. The number of aromatic amines is 1. The average molecular weight is 1630 g/mol. The van der Waals surface area contributed by atoms with Crippen LogP contribution >= 0.6 is 39.1 Å². The maximum absolute atomic E-state index is 13.4. The highest BCUT2D eigenvalue weighted by Crippen LogP contribution is 2.74. The number of fused-ring (bicyclic) bond motifs is 2. The van der Waals surface area contributed by atoms with Gasteiger partial charge in [0.15, 0.2) is 5.71 Å². The lowest BCUT2D eigenvalue weighted by Gasteiger charge is -2.30. The lowest BCUT2D eigenvalue weighted by molar-refractivity contribution is -0.437. The fourth-order valence-corrected chi connectivity index (χ4v) is 20.2. The van der Waals surface area contributed by atoms with Crippen LogP contribution in [0.3, 0.4) is 0 Å². The number of unbranched alkanes of at least 4 members (excludes halogenated alkanes) is 5. The molecule has 574 valence electrons. The fourth-order valence-electron chi connectivity index (χ4n) is 11.6. The molecule has 0 spiro atoms. The van der Waals surface area contributed by atoms with Crippen molar-refractivity contribution in [3.05, 3.63) is 110 Å². The first-order valence-corrected chi connectivity index (χ1v) is 44.6. The summed E-state index contributed by atoms with van der Waals surface area (Å²) in [6.45, 7) is 5.01. The molecule has 1 aromatic heterocycles. The van der Waals surface area contributed by atoms with Gasteiger partial charge in [-0.1, -0.05) is 43.5 Å². The maximum atomic E-state index is 13.4. The third kappa shape index (κ3) is 25.9. The molecule has 2 aromatic carbocycles. The standard InChI is InChI=1S/C54H79N4O35P5S4/c1-37-34-58(52(63)55-50(37)61)49-33-45(60)46(89-49)35-88-95(66,67)91-97(70,71)93-98(72,73)92-96(68,69)90-94(64,65)87-28-13-6-5-12-27-86-51(62)38(36-101(80,81)82)31-39(59)17-8-7-11-24-54(4)42-32-40(102(83,84)85)22-23-44(42)57(26-16-30-100(77,78)79)48(54)21-14-20-47-53(2,3)41-18-9-10-19-43(41)56(47)25-15-29-99(74,75)76/h9-10,14,18-23,32,34,38,45-46,49,60H,5-8,11-13,15-17,24-31,33,35-36H2,1-4H3,(H9-,55,61,63,64,65,66,67,68,69,70,71,72,73,74,75,76,77,78,79,80,81,82,83,84,85)/p+1/t38?,45-,46-,49-,54?/m1/s1. The highest BCUT2D eigenvalue weighted by Gasteiger charge is 2.50. The number of benzene rings is 2. The number of esters is 1. The van der Waals surface area contributed by atoms with Crippen molar-refractivity contribution in [2.24, 2.45) is 5.92 Å². The summed E-state index contributed by atoms with van der Waals surface area (Å²) in [6, 6.07) is 11.4. The number of phosphoric acid groups is 5. The summed E-state index contributed by atoms with van der Waals surface area (Å²) in [7, 11) is -49.1. The number of Topliss-reactive ketones (excluding diaryl/α,β-unsaturated/α-hetero) is 1. The first-order chi connectivity index (χ1) is 46.8. The van der Waals surface area contributed by atoms with E-state index in [1.54, 1.807) is 24.0 Å². The molecule has 3 aliphatic rings. The fraction of sp³-hybridized carbons (Fsp3) is 0.574. The Labute approximate surface area is 585 Å². The molecule has 4 heterocycles. The number of anilines is 1. The van der Waals surface area contributed by atoms with E-state index in [1.807, 2.05) is 53.7 Å². The van der Waals surface area contributed by atoms with Crippen LogP contribution in [0.1, 0.15) is 127 Å². The Hall–Kier alpha value is -4.52. The molecular formula is C54H80N4O35P5S4+. The van der Waals surface area contributed by atoms with Gasteiger partial charge in [0.05, 0.1) is 59.4 Å². The number of carbonyl (C=O) groups excluding carboxylic acids is 2. The van der Waals surface area contributed by atoms with E-state index >= 15 is 0 Å². The second-order valence-electron chi connectivity index (χ2n) is 24.5. The van der Waals surface area contributed by atoms with E-state index in [1.165, 1.54) is 25.1 Å². The van der Waals surface area contributed by atoms with Gasteiger partial charge in [-0.25, -0.2) is 27.6 Å². The number of hydrogen-bond donors (Lipinski definition) is 11. The van der Waals surface area contributed by atoms with Crippen molar-refractivity contribution < 1.29 is 154 Å². The van der Waals surface area contributed by atoms with Crippen molar-refractivity contribution >= 4 is 108 Å². The number of aliphatic hydroxyl groups excluding tert-OH is 1. The van der Waals surface area contributed by atoms with Crippen LogP contribution in [0.4, 0.5) is 11.4 Å². The number of aryl methyl sites for hydroxylation is 1. The SMILES string of the molecule is Cc1cn([C@H]2C[C@@H](O)[C@@H](COP(=O)(O)OP(=O)(O)OP(=O)(O)OP(=O)(O)OP(=O)(O)OCCCCCCOC(=O)C(CC(=O)CCCCCC3(C)/C(=C\C=C\C4=[N+](CCCS(=O)(=O)O)c5ccccc5C4(C)C)N(CCCS(=O)(=O)O)c4ccc(S(=O)(=O)O)cc43)CS(=O)(=O)O)O2)c(=O)[nH]c1=O. The number of H-pyrrole nitrogens is 1. The van der Waals surface area contributed by atoms with E-state index in [4.69, 9.17) is 9.47 Å². The van der Waals surface area contributed by atoms with Gasteiger partial charge in [-0.2, -0.15) is 55.5 Å². The predicted octanol–water partition coefficient (Wildman–Crippen LogP) is 5.71. The summed E-state index contributed by atoms with van der Waals surface area (Å²) < 4.78 is 235. The van der Waals surface area contributed by atoms with Crippen LogP contribution < -0.4 is 16.1 Å². The Bertz CT molecular complexity index is 4560. The van der Waals surface area contributed by atoms with Crippen LogP contribution in [0.15, 0.2) is 87.1 Å². The molecule has 1 fully saturated rings. The van der Waals surface area contributed by atoms with Gasteiger partial charge in [0.25, 0.3) is 46.0 Å². The Kier molecular flexibility index (Phi) is 29.3. The molecule has 102 heavy (non-hydrogen) atoms. The normalized spacial score (nSPS) is 22.4. The van der Waals surface area contributed by atoms with Crippen LogP contribution in [0.25, 0.3) is 0 Å². The van der Waals surface area contributed by atoms with Crippen LogP contribution in [0.2, 0.25) is 0 Å². The molecule has 10 atom stereocenters. The third-order valence-corrected chi connectivity index (χ3v) is 27.0. The molecule has 48 heteroatoms. The zero-order valence-electron chi connectivity index (χ0n) is 54.9. The number of hydrogen-bond acceptors (Lipinski definition) is 27. The van der Waals surface area contributed by atoms with Crippen LogP contribution in [0, 0.1) is 12.8 Å². The molecule has 0 saturated carbocycles. The number of carbonyl (C=O) groups is 2. The van der Waals surface area contributed by atoms with Gasteiger partial charge in [0.2, 0.25) is 5.69 Å². The van der Waals surface area contributed by atoms with E-state index in [-0.39, 0.29) is 89.5 Å². The summed E-state index contributed by atoms with van der Waals surface area (Å²) >= 11 is 0. The summed E-state index contributed by atoms with van der Waals surface area (Å²) in [5.74, 6) is -5.79. The van der Waals surface area contributed by atoms with Gasteiger partial charge in [0.1, 0.15) is 24.7 Å². The minimum atomic E-state index is -6.46. The number of aromatic nitrogens is 2. The summed E-state index contributed by atoms with van der Waals surface area (Å²) in [5, 5.41) is 10.3. The largest absolute Gasteiger partial charge is 0.490 e. The molecule has 39 nitrogen and oxygen atoms in total. The predicted molar refractivity (Wildman–Crippen MR) is 358 cm³/mol. The molecule has 0 aliphatic carbocycles. The molecule has 7 unspecified atom stereocenters. The topological polar surface area (TPSA) is 593 Å². The third-order valence-electron chi connectivity index (χ3n) is 16.2. The van der Waals surface area contributed by atoms with Gasteiger partial charge in [0, 0.05) is 78.5 Å². The molecule has 3 aliphatic heterocycles. The molecule has 1 saturated heterocycles. The summed E-state index contributed by atoms with van der Waals surface area (Å²) in [6.07, 6.45) is 1.93. The van der Waals surface area contributed by atoms with Gasteiger partial charge in [-0.15, -0.1) is 0 Å². The van der Waals surface area contributed by atoms with Crippen LogP contribution in [-0.4, -0.2) is 175 Å². The van der Waals surface area contributed by atoms with Crippen molar-refractivity contribution in [3.8, 4) is 0 Å². The average Bonchev–Trinajstić information content (AvgIpc) is 1.51. The molecular weight excluding hydrogens is 1550 g/mol. The minimum Gasteiger partial charge on any atom is -0.465 e. The van der Waals surface area contributed by atoms with E-state index in [0.29, 0.717) is 29.8 Å². The zero-order valence-corrected chi connectivity index (χ0v) is 62.6. The molecule has 0 bridgehead atoms. The van der Waals surface area contributed by atoms with E-state index < -0.39 is 180 Å². The number of phosphoric ester groups is 2. The first-order valence-electron chi connectivity index (χ1n) is 30.8. The minimum absolute atomic E-state index is 0.0111. The number of nitrogens with zero attached hydrogens (tertiary/aromatic N) is 3. The number of ketones is 1. The van der Waals surface area contributed by atoms with E-state index in [2.05, 4.69) is 26.3 Å². The van der Waals surface area contributed by atoms with E-state index in [9.17, 15) is 123 Å². The van der Waals surface area contributed by atoms with Gasteiger partial charge in [-0.3, -0.25) is 51.2 Å². The van der Waals surface area contributed by atoms with Crippen LogP contribution in [-0.2, 0) is 119 Å². The Balaban J connectivity index is 0.981. The Morgan fingerprint density at radius 3 is 1.91 bits per heavy atom. The molecule has 3 aromatic rings. The quantitative estimate of drug-likeness (QED) is 0.0106. The van der Waals surface area contributed by atoms with Crippen LogP contribution in [0.5, 0.6) is 0 Å². The first kappa shape index (κ1) is 86.4. The molecule has 6 rings (SSSR count). The van der Waals surface area contributed by atoms with Crippen molar-refractivity contribution in [3.63, 3.8) is 0 Å². The second-order valence-corrected chi connectivity index (χ2v) is 38.4. The lowest BCUT2D eigenvalue weighted by atomic mass is 9.77. The smallest absolute Gasteiger partial charge is 0.465 e. The van der Waals surface area contributed by atoms with Crippen molar-refractivity contribution in [1.29, 1.82) is 0 Å². The second kappa shape index (κ2) is 34.6. The Morgan fingerprint density at radius 2 is 1.30 bits per heavy atom. The van der Waals surface area contributed by atoms with Crippen molar-refractivity contribution in [2.45, 2.75) is 145 Å².